The van der Waals surface area contributed by atoms with Crippen LogP contribution in [-0.4, -0.2) is 15.1 Å². The minimum atomic E-state index is -0.723. The lowest BCUT2D eigenvalue weighted by Gasteiger charge is -2.40. The molecule has 0 amide bonds. The summed E-state index contributed by atoms with van der Waals surface area (Å²) in [7, 11) is 0. The second-order valence-electron chi connectivity index (χ2n) is 7.56. The van der Waals surface area contributed by atoms with Crippen LogP contribution in [-0.2, 0) is 11.2 Å². The quantitative estimate of drug-likeness (QED) is 0.675. The first-order valence-corrected chi connectivity index (χ1v) is 7.60. The zero-order chi connectivity index (χ0) is 13.2. The molecule has 0 aliphatic heterocycles. The van der Waals surface area contributed by atoms with Gasteiger partial charge in [0.1, 0.15) is 10.5 Å². The lowest BCUT2D eigenvalue weighted by Crippen LogP contribution is -2.43. The summed E-state index contributed by atoms with van der Waals surface area (Å²) in [5.41, 5.74) is 0.482. The largest absolute Gasteiger partial charge is 0.616 e. The highest BCUT2D eigenvalue weighted by Crippen LogP contribution is 2.41. The molecule has 0 N–H and O–H groups in total. The minimum Gasteiger partial charge on any atom is -0.616 e. The standard InChI is InChI=1S/C14H30OS/c1-9-16(15)14(8,10-12(2,3)4)11-13(5,6)7/h9-11H2,1-8H3. The molecule has 0 radical (unpaired) electrons. The molecule has 0 spiro atoms. The van der Waals surface area contributed by atoms with Crippen LogP contribution in [0, 0.1) is 10.8 Å². The molecule has 0 aliphatic carbocycles. The zero-order valence-electron chi connectivity index (χ0n) is 12.4. The average molecular weight is 246 g/mol. The molecule has 1 unspecified atom stereocenters. The van der Waals surface area contributed by atoms with Gasteiger partial charge in [0.25, 0.3) is 0 Å². The van der Waals surface area contributed by atoms with E-state index >= 15 is 0 Å². The summed E-state index contributed by atoms with van der Waals surface area (Å²) < 4.78 is 12.2. The summed E-state index contributed by atoms with van der Waals surface area (Å²) in [6.45, 7) is 17.6. The van der Waals surface area contributed by atoms with Crippen LogP contribution in [0.1, 0.15) is 68.2 Å². The normalized spacial score (nSPS) is 16.3. The summed E-state index contributed by atoms with van der Waals surface area (Å²) in [6.07, 6.45) is 2.05. The molecule has 0 fully saturated rings. The van der Waals surface area contributed by atoms with Gasteiger partial charge in [-0.25, -0.2) is 0 Å². The highest BCUT2D eigenvalue weighted by Gasteiger charge is 2.42. The van der Waals surface area contributed by atoms with Crippen LogP contribution in [0.5, 0.6) is 0 Å². The molecule has 98 valence electrons. The Hall–Kier alpha value is 0.310. The highest BCUT2D eigenvalue weighted by molar-refractivity contribution is 7.92. The van der Waals surface area contributed by atoms with E-state index in [1.807, 2.05) is 6.92 Å². The Balaban J connectivity index is 4.90. The Morgan fingerprint density at radius 3 is 1.31 bits per heavy atom. The zero-order valence-corrected chi connectivity index (χ0v) is 13.3. The Kier molecular flexibility index (Phi) is 5.41. The molecular weight excluding hydrogens is 216 g/mol. The molecule has 0 aromatic carbocycles. The van der Waals surface area contributed by atoms with E-state index < -0.39 is 11.2 Å². The second-order valence-corrected chi connectivity index (χ2v) is 9.81. The van der Waals surface area contributed by atoms with E-state index in [1.165, 1.54) is 0 Å². The van der Waals surface area contributed by atoms with Crippen LogP contribution in [0.25, 0.3) is 0 Å². The van der Waals surface area contributed by atoms with E-state index in [1.54, 1.807) is 0 Å². The summed E-state index contributed by atoms with van der Waals surface area (Å²) in [6, 6.07) is 0. The smallest absolute Gasteiger partial charge is 0.123 e. The van der Waals surface area contributed by atoms with Gasteiger partial charge in [0.05, 0.1) is 0 Å². The van der Waals surface area contributed by atoms with Crippen LogP contribution in [0.4, 0.5) is 0 Å². The summed E-state index contributed by atoms with van der Waals surface area (Å²) in [5.74, 6) is 0.767. The van der Waals surface area contributed by atoms with Crippen molar-refractivity contribution < 1.29 is 4.55 Å². The van der Waals surface area contributed by atoms with Gasteiger partial charge < -0.3 is 4.55 Å². The van der Waals surface area contributed by atoms with Crippen molar-refractivity contribution in [2.24, 2.45) is 10.8 Å². The minimum absolute atomic E-state index is 0.0503. The van der Waals surface area contributed by atoms with Gasteiger partial charge in [0.2, 0.25) is 0 Å². The lowest BCUT2D eigenvalue weighted by molar-refractivity contribution is 0.248. The van der Waals surface area contributed by atoms with Gasteiger partial charge in [-0.3, -0.25) is 0 Å². The van der Waals surface area contributed by atoms with Crippen molar-refractivity contribution in [3.05, 3.63) is 0 Å². The molecule has 16 heavy (non-hydrogen) atoms. The second kappa shape index (κ2) is 5.30. The average Bonchev–Trinajstić information content (AvgIpc) is 1.95. The Labute approximate surface area is 106 Å². The van der Waals surface area contributed by atoms with Crippen molar-refractivity contribution in [1.29, 1.82) is 0 Å². The predicted molar refractivity (Wildman–Crippen MR) is 75.2 cm³/mol. The maximum Gasteiger partial charge on any atom is 0.123 e. The summed E-state index contributed by atoms with van der Waals surface area (Å²) in [5, 5.41) is 0. The van der Waals surface area contributed by atoms with Crippen molar-refractivity contribution in [3.63, 3.8) is 0 Å². The van der Waals surface area contributed by atoms with Crippen molar-refractivity contribution in [2.75, 3.05) is 5.75 Å². The molecule has 2 heteroatoms. The molecule has 0 aliphatic rings. The van der Waals surface area contributed by atoms with Crippen molar-refractivity contribution in [3.8, 4) is 0 Å². The first kappa shape index (κ1) is 16.3. The summed E-state index contributed by atoms with van der Waals surface area (Å²) in [4.78, 5) is 0. The maximum absolute atomic E-state index is 12.3. The topological polar surface area (TPSA) is 23.1 Å². The van der Waals surface area contributed by atoms with Gasteiger partial charge in [0, 0.05) is 12.8 Å². The van der Waals surface area contributed by atoms with Crippen molar-refractivity contribution >= 4 is 11.2 Å². The van der Waals surface area contributed by atoms with E-state index in [0.717, 1.165) is 18.6 Å². The Morgan fingerprint density at radius 2 is 1.12 bits per heavy atom. The first-order chi connectivity index (χ1) is 6.90. The molecule has 1 nitrogen and oxygen atoms in total. The number of hydrogen-bond acceptors (Lipinski definition) is 1. The highest BCUT2D eigenvalue weighted by atomic mass is 32.2. The molecule has 0 heterocycles. The number of hydrogen-bond donors (Lipinski definition) is 0. The first-order valence-electron chi connectivity index (χ1n) is 6.28. The molecule has 0 saturated carbocycles. The Morgan fingerprint density at radius 1 is 0.812 bits per heavy atom. The molecule has 0 aromatic heterocycles. The third-order valence-electron chi connectivity index (χ3n) is 2.62. The van der Waals surface area contributed by atoms with Gasteiger partial charge in [-0.1, -0.05) is 41.5 Å². The van der Waals surface area contributed by atoms with Gasteiger partial charge in [-0.2, -0.15) is 0 Å². The fraction of sp³-hybridized carbons (Fsp3) is 1.00. The fourth-order valence-corrected chi connectivity index (χ4v) is 4.70. The summed E-state index contributed by atoms with van der Waals surface area (Å²) >= 11 is -0.723. The van der Waals surface area contributed by atoms with Crippen LogP contribution in [0.15, 0.2) is 0 Å². The van der Waals surface area contributed by atoms with E-state index in [4.69, 9.17) is 0 Å². The third kappa shape index (κ3) is 6.15. The van der Waals surface area contributed by atoms with Crippen LogP contribution in [0.2, 0.25) is 0 Å². The maximum atomic E-state index is 12.3. The monoisotopic (exact) mass is 246 g/mol. The molecule has 0 rings (SSSR count). The predicted octanol–water partition coefficient (Wildman–Crippen LogP) is 4.39. The van der Waals surface area contributed by atoms with E-state index in [-0.39, 0.29) is 15.6 Å². The lowest BCUT2D eigenvalue weighted by atomic mass is 9.77. The van der Waals surface area contributed by atoms with Crippen LogP contribution >= 0.6 is 0 Å². The molecule has 0 bridgehead atoms. The molecular formula is C14H30OS. The SMILES string of the molecule is CC[S+]([O-])C(C)(CC(C)(C)C)CC(C)(C)C. The fourth-order valence-electron chi connectivity index (χ4n) is 2.82. The Bertz CT molecular complexity index is 194. The molecule has 0 aromatic rings. The van der Waals surface area contributed by atoms with Gasteiger partial charge in [-0.05, 0) is 35.9 Å². The van der Waals surface area contributed by atoms with Crippen molar-refractivity contribution in [2.45, 2.75) is 73.0 Å². The van der Waals surface area contributed by atoms with Crippen molar-refractivity contribution in [1.82, 2.24) is 0 Å². The van der Waals surface area contributed by atoms with Gasteiger partial charge in [0.15, 0.2) is 0 Å². The molecule has 0 saturated heterocycles. The van der Waals surface area contributed by atoms with Gasteiger partial charge >= 0.3 is 0 Å². The third-order valence-corrected chi connectivity index (χ3v) is 4.53. The van der Waals surface area contributed by atoms with Crippen LogP contribution in [0.3, 0.4) is 0 Å². The van der Waals surface area contributed by atoms with E-state index in [9.17, 15) is 4.55 Å². The van der Waals surface area contributed by atoms with Gasteiger partial charge in [-0.15, -0.1) is 0 Å². The van der Waals surface area contributed by atoms with Crippen LogP contribution < -0.4 is 0 Å². The number of rotatable bonds is 4. The van der Waals surface area contributed by atoms with E-state index in [0.29, 0.717) is 0 Å². The van der Waals surface area contributed by atoms with E-state index in [2.05, 4.69) is 48.5 Å². The molecule has 1 atom stereocenters.